The summed E-state index contributed by atoms with van der Waals surface area (Å²) in [5.41, 5.74) is 0.394. The first kappa shape index (κ1) is 21.5. The fourth-order valence-electron chi connectivity index (χ4n) is 3.35. The summed E-state index contributed by atoms with van der Waals surface area (Å²) in [6, 6.07) is 9.64. The second kappa shape index (κ2) is 10.5. The number of carbonyl (C=O) groups is 2. The molecule has 2 amide bonds. The van der Waals surface area contributed by atoms with Gasteiger partial charge in [-0.2, -0.15) is 0 Å². The SMILES string of the molecule is O=C(CCCC(=O)NCC1CCC(c2c[nH]c(=O)[nH]c2=O)O1)NCc1ccccc1. The van der Waals surface area contributed by atoms with E-state index >= 15 is 0 Å². The first-order valence-electron chi connectivity index (χ1n) is 10.1. The van der Waals surface area contributed by atoms with E-state index in [2.05, 4.69) is 20.6 Å². The fraction of sp³-hybridized carbons (Fsp3) is 0.429. The third kappa shape index (κ3) is 6.41. The molecule has 30 heavy (non-hydrogen) atoms. The zero-order valence-electron chi connectivity index (χ0n) is 16.6. The van der Waals surface area contributed by atoms with Gasteiger partial charge in [0.25, 0.3) is 5.56 Å². The highest BCUT2D eigenvalue weighted by Gasteiger charge is 2.28. The van der Waals surface area contributed by atoms with E-state index in [9.17, 15) is 19.2 Å². The quantitative estimate of drug-likeness (QED) is 0.484. The number of hydrogen-bond donors (Lipinski definition) is 4. The van der Waals surface area contributed by atoms with Gasteiger partial charge in [0, 0.05) is 32.1 Å². The van der Waals surface area contributed by atoms with E-state index in [1.807, 2.05) is 30.3 Å². The second-order valence-corrected chi connectivity index (χ2v) is 7.27. The van der Waals surface area contributed by atoms with E-state index in [0.29, 0.717) is 37.9 Å². The minimum absolute atomic E-state index is 0.0836. The number of aromatic nitrogens is 2. The lowest BCUT2D eigenvalue weighted by Gasteiger charge is -2.14. The number of hydrogen-bond acceptors (Lipinski definition) is 5. The van der Waals surface area contributed by atoms with Crippen molar-refractivity contribution >= 4 is 11.8 Å². The maximum atomic E-state index is 12.0. The molecule has 2 atom stereocenters. The van der Waals surface area contributed by atoms with Crippen molar-refractivity contribution in [2.75, 3.05) is 6.54 Å². The van der Waals surface area contributed by atoms with Gasteiger partial charge in [-0.25, -0.2) is 4.79 Å². The van der Waals surface area contributed by atoms with Crippen LogP contribution in [0.25, 0.3) is 0 Å². The molecule has 2 aromatic rings. The molecule has 1 aliphatic rings. The molecule has 1 fully saturated rings. The molecule has 1 saturated heterocycles. The van der Waals surface area contributed by atoms with E-state index in [4.69, 9.17) is 4.74 Å². The smallest absolute Gasteiger partial charge is 0.325 e. The summed E-state index contributed by atoms with van der Waals surface area (Å²) in [5.74, 6) is -0.223. The largest absolute Gasteiger partial charge is 0.368 e. The van der Waals surface area contributed by atoms with Gasteiger partial charge < -0.3 is 20.4 Å². The predicted molar refractivity (Wildman–Crippen MR) is 110 cm³/mol. The summed E-state index contributed by atoms with van der Waals surface area (Å²) < 4.78 is 5.81. The number of amides is 2. The van der Waals surface area contributed by atoms with Gasteiger partial charge in [0.15, 0.2) is 0 Å². The lowest BCUT2D eigenvalue weighted by atomic mass is 10.1. The van der Waals surface area contributed by atoms with Crippen LogP contribution in [-0.4, -0.2) is 34.4 Å². The highest BCUT2D eigenvalue weighted by atomic mass is 16.5. The molecule has 1 aliphatic heterocycles. The highest BCUT2D eigenvalue weighted by molar-refractivity contribution is 5.78. The summed E-state index contributed by atoms with van der Waals surface area (Å²) in [6.45, 7) is 0.820. The standard InChI is InChI=1S/C21H26N4O5/c26-18(22-11-14-5-2-1-3-6-14)7-4-8-19(27)23-12-15-9-10-17(30-15)16-13-24-21(29)25-20(16)28/h1-3,5-6,13,15,17H,4,7-12H2,(H,22,26)(H,23,27)(H2,24,25,28,29). The molecule has 0 spiro atoms. The molecule has 2 heterocycles. The summed E-state index contributed by atoms with van der Waals surface area (Å²) >= 11 is 0. The van der Waals surface area contributed by atoms with Crippen molar-refractivity contribution in [3.05, 3.63) is 68.5 Å². The molecule has 160 valence electrons. The van der Waals surface area contributed by atoms with Crippen molar-refractivity contribution < 1.29 is 14.3 Å². The van der Waals surface area contributed by atoms with E-state index < -0.39 is 17.4 Å². The fourth-order valence-corrected chi connectivity index (χ4v) is 3.35. The Morgan fingerprint density at radius 1 is 1.03 bits per heavy atom. The predicted octanol–water partition coefficient (Wildman–Crippen LogP) is 0.886. The lowest BCUT2D eigenvalue weighted by molar-refractivity contribution is -0.122. The molecule has 1 aromatic carbocycles. The van der Waals surface area contributed by atoms with Crippen LogP contribution < -0.4 is 21.9 Å². The van der Waals surface area contributed by atoms with Crippen LogP contribution in [0.4, 0.5) is 0 Å². The molecule has 9 nitrogen and oxygen atoms in total. The van der Waals surface area contributed by atoms with Gasteiger partial charge in [0.1, 0.15) is 0 Å². The number of H-pyrrole nitrogens is 2. The molecule has 0 radical (unpaired) electrons. The van der Waals surface area contributed by atoms with Crippen LogP contribution in [0.2, 0.25) is 0 Å². The van der Waals surface area contributed by atoms with Crippen molar-refractivity contribution in [1.82, 2.24) is 20.6 Å². The topological polar surface area (TPSA) is 133 Å². The molecule has 2 unspecified atom stereocenters. The molecule has 0 bridgehead atoms. The van der Waals surface area contributed by atoms with Gasteiger partial charge >= 0.3 is 5.69 Å². The van der Waals surface area contributed by atoms with Crippen LogP contribution in [0.15, 0.2) is 46.1 Å². The number of benzene rings is 1. The molecule has 9 heteroatoms. The average molecular weight is 414 g/mol. The van der Waals surface area contributed by atoms with Crippen molar-refractivity contribution in [3.63, 3.8) is 0 Å². The second-order valence-electron chi connectivity index (χ2n) is 7.27. The minimum atomic E-state index is -0.556. The van der Waals surface area contributed by atoms with E-state index in [1.165, 1.54) is 6.20 Å². The maximum absolute atomic E-state index is 12.0. The van der Waals surface area contributed by atoms with Gasteiger partial charge in [-0.1, -0.05) is 30.3 Å². The molecule has 0 aliphatic carbocycles. The van der Waals surface area contributed by atoms with E-state index in [1.54, 1.807) is 0 Å². The van der Waals surface area contributed by atoms with Gasteiger partial charge in [0.05, 0.1) is 17.8 Å². The molecule has 0 saturated carbocycles. The Labute approximate surface area is 173 Å². The maximum Gasteiger partial charge on any atom is 0.325 e. The number of aromatic amines is 2. The molecule has 3 rings (SSSR count). The monoisotopic (exact) mass is 414 g/mol. The Bertz CT molecular complexity index is 969. The molecule has 1 aromatic heterocycles. The number of carbonyl (C=O) groups excluding carboxylic acids is 2. The van der Waals surface area contributed by atoms with E-state index in [-0.39, 0.29) is 30.8 Å². The minimum Gasteiger partial charge on any atom is -0.368 e. The highest BCUT2D eigenvalue weighted by Crippen LogP contribution is 2.30. The summed E-state index contributed by atoms with van der Waals surface area (Å²) in [7, 11) is 0. The Balaban J connectivity index is 1.31. The summed E-state index contributed by atoms with van der Waals surface area (Å²) in [6.07, 6.45) is 3.12. The van der Waals surface area contributed by atoms with Crippen LogP contribution in [0, 0.1) is 0 Å². The van der Waals surface area contributed by atoms with E-state index in [0.717, 1.165) is 5.56 Å². The van der Waals surface area contributed by atoms with Crippen molar-refractivity contribution in [3.8, 4) is 0 Å². The normalized spacial score (nSPS) is 18.1. The van der Waals surface area contributed by atoms with Crippen molar-refractivity contribution in [1.29, 1.82) is 0 Å². The van der Waals surface area contributed by atoms with Gasteiger partial charge in [-0.15, -0.1) is 0 Å². The van der Waals surface area contributed by atoms with Crippen LogP contribution in [-0.2, 0) is 20.9 Å². The zero-order chi connectivity index (χ0) is 21.3. The molecule has 4 N–H and O–H groups in total. The van der Waals surface area contributed by atoms with Crippen molar-refractivity contribution in [2.24, 2.45) is 0 Å². The average Bonchev–Trinajstić information content (AvgIpc) is 3.20. The van der Waals surface area contributed by atoms with Crippen molar-refractivity contribution in [2.45, 2.75) is 50.9 Å². The van der Waals surface area contributed by atoms with Gasteiger partial charge in [-0.3, -0.25) is 19.4 Å². The van der Waals surface area contributed by atoms with Gasteiger partial charge in [0.2, 0.25) is 11.8 Å². The van der Waals surface area contributed by atoms with Gasteiger partial charge in [-0.05, 0) is 24.8 Å². The van der Waals surface area contributed by atoms with Crippen LogP contribution in [0.5, 0.6) is 0 Å². The van der Waals surface area contributed by atoms with Crippen LogP contribution in [0.3, 0.4) is 0 Å². The third-order valence-electron chi connectivity index (χ3n) is 4.97. The number of ether oxygens (including phenoxy) is 1. The summed E-state index contributed by atoms with van der Waals surface area (Å²) in [4.78, 5) is 51.5. The zero-order valence-corrected chi connectivity index (χ0v) is 16.6. The Hall–Kier alpha value is -3.20. The first-order valence-corrected chi connectivity index (χ1v) is 10.1. The molecular weight excluding hydrogens is 388 g/mol. The summed E-state index contributed by atoms with van der Waals surface area (Å²) in [5, 5.41) is 5.65. The number of nitrogens with one attached hydrogen (secondary N) is 4. The Morgan fingerprint density at radius 2 is 1.77 bits per heavy atom. The number of rotatable bonds is 9. The Morgan fingerprint density at radius 3 is 2.50 bits per heavy atom. The Kier molecular flexibility index (Phi) is 7.56. The molecular formula is C21H26N4O5. The first-order chi connectivity index (χ1) is 14.5. The lowest BCUT2D eigenvalue weighted by Crippen LogP contribution is -2.32. The van der Waals surface area contributed by atoms with Crippen LogP contribution >= 0.6 is 0 Å². The third-order valence-corrected chi connectivity index (χ3v) is 4.97. The van der Waals surface area contributed by atoms with Crippen LogP contribution in [0.1, 0.15) is 49.3 Å².